The van der Waals surface area contributed by atoms with Gasteiger partial charge in [-0.2, -0.15) is 0 Å². The van der Waals surface area contributed by atoms with E-state index in [1.165, 1.54) is 18.5 Å². The Bertz CT molecular complexity index is 322. The number of nitrogens with zero attached hydrogens (tertiary/aromatic N) is 2. The van der Waals surface area contributed by atoms with Gasteiger partial charge in [-0.1, -0.05) is 0 Å². The summed E-state index contributed by atoms with van der Waals surface area (Å²) in [5.74, 6) is 0.570. The van der Waals surface area contributed by atoms with Gasteiger partial charge < -0.3 is 14.6 Å². The number of hydrogen-bond acceptors (Lipinski definition) is 3. The van der Waals surface area contributed by atoms with E-state index in [0.717, 1.165) is 19.7 Å². The fourth-order valence-corrected chi connectivity index (χ4v) is 2.47. The number of ether oxygens (including phenoxy) is 1. The van der Waals surface area contributed by atoms with Crippen molar-refractivity contribution in [2.24, 2.45) is 5.92 Å². The second kappa shape index (κ2) is 5.46. The van der Waals surface area contributed by atoms with E-state index in [1.54, 1.807) is 0 Å². The summed E-state index contributed by atoms with van der Waals surface area (Å²) in [5.41, 5.74) is 1.22. The third kappa shape index (κ3) is 2.28. The van der Waals surface area contributed by atoms with E-state index in [9.17, 15) is 0 Å². The molecule has 2 unspecified atom stereocenters. The average molecular weight is 223 g/mol. The van der Waals surface area contributed by atoms with E-state index >= 15 is 0 Å². The molecule has 1 saturated heterocycles. The number of aryl methyl sites for hydroxylation is 1. The van der Waals surface area contributed by atoms with Gasteiger partial charge in [0, 0.05) is 25.6 Å². The first-order chi connectivity index (χ1) is 7.86. The summed E-state index contributed by atoms with van der Waals surface area (Å²) in [4.78, 5) is 4.23. The minimum absolute atomic E-state index is 0.212. The molecule has 4 nitrogen and oxygen atoms in total. The van der Waals surface area contributed by atoms with Crippen molar-refractivity contribution in [3.05, 3.63) is 18.2 Å². The average Bonchev–Trinajstić information content (AvgIpc) is 2.78. The van der Waals surface area contributed by atoms with Crippen LogP contribution in [0.4, 0.5) is 0 Å². The molecule has 0 aliphatic carbocycles. The van der Waals surface area contributed by atoms with Crippen LogP contribution in [0.5, 0.6) is 0 Å². The van der Waals surface area contributed by atoms with Gasteiger partial charge in [0.1, 0.15) is 6.10 Å². The molecule has 1 fully saturated rings. The molecule has 1 aliphatic rings. The van der Waals surface area contributed by atoms with Crippen molar-refractivity contribution in [3.8, 4) is 0 Å². The van der Waals surface area contributed by atoms with Crippen molar-refractivity contribution in [1.82, 2.24) is 14.9 Å². The van der Waals surface area contributed by atoms with Crippen LogP contribution in [0.1, 0.15) is 31.6 Å². The molecule has 0 spiro atoms. The first kappa shape index (κ1) is 11.6. The van der Waals surface area contributed by atoms with Crippen LogP contribution in [0.15, 0.2) is 12.5 Å². The first-order valence-corrected chi connectivity index (χ1v) is 6.13. The maximum atomic E-state index is 5.93. The molecular formula is C12H21N3O. The summed E-state index contributed by atoms with van der Waals surface area (Å²) < 4.78 is 8.11. The van der Waals surface area contributed by atoms with Gasteiger partial charge in [0.05, 0.1) is 18.2 Å². The van der Waals surface area contributed by atoms with Gasteiger partial charge in [0.15, 0.2) is 0 Å². The quantitative estimate of drug-likeness (QED) is 0.842. The number of hydrogen-bond donors (Lipinski definition) is 1. The molecule has 0 aromatic carbocycles. The van der Waals surface area contributed by atoms with Gasteiger partial charge in [0.25, 0.3) is 0 Å². The van der Waals surface area contributed by atoms with Crippen molar-refractivity contribution in [2.75, 3.05) is 20.2 Å². The highest BCUT2D eigenvalue weighted by atomic mass is 16.5. The van der Waals surface area contributed by atoms with Gasteiger partial charge in [-0.25, -0.2) is 4.98 Å². The van der Waals surface area contributed by atoms with Crippen LogP contribution in [0.2, 0.25) is 0 Å². The second-order valence-corrected chi connectivity index (χ2v) is 4.36. The van der Waals surface area contributed by atoms with Crippen LogP contribution in [-0.4, -0.2) is 29.8 Å². The normalized spacial score (nSPS) is 25.9. The fraction of sp³-hybridized carbons (Fsp3) is 0.750. The molecule has 1 aromatic heterocycles. The molecule has 1 aromatic rings. The lowest BCUT2D eigenvalue weighted by Crippen LogP contribution is -2.31. The summed E-state index contributed by atoms with van der Waals surface area (Å²) in [6, 6.07) is 0. The number of imidazole rings is 1. The van der Waals surface area contributed by atoms with E-state index < -0.39 is 0 Å². The van der Waals surface area contributed by atoms with Gasteiger partial charge in [-0.15, -0.1) is 0 Å². The third-order valence-electron chi connectivity index (χ3n) is 3.29. The molecule has 0 amide bonds. The molecule has 2 atom stereocenters. The van der Waals surface area contributed by atoms with Crippen molar-refractivity contribution >= 4 is 0 Å². The molecule has 1 aliphatic heterocycles. The third-order valence-corrected chi connectivity index (χ3v) is 3.29. The Morgan fingerprint density at radius 2 is 2.50 bits per heavy atom. The lowest BCUT2D eigenvalue weighted by molar-refractivity contribution is -0.0315. The fourth-order valence-electron chi connectivity index (χ4n) is 2.47. The Kier molecular flexibility index (Phi) is 3.96. The second-order valence-electron chi connectivity index (χ2n) is 4.36. The van der Waals surface area contributed by atoms with Crippen LogP contribution in [0, 0.1) is 5.92 Å². The number of rotatable bonds is 4. The molecule has 4 heteroatoms. The zero-order chi connectivity index (χ0) is 11.4. The highest BCUT2D eigenvalue weighted by Crippen LogP contribution is 2.32. The topological polar surface area (TPSA) is 39.1 Å². The summed E-state index contributed by atoms with van der Waals surface area (Å²) in [7, 11) is 2.00. The standard InChI is InChI=1S/C12H21N3O/c1-3-15-9-14-8-11(15)12-10(7-13-2)5-4-6-16-12/h8-10,12-13H,3-7H2,1-2H3. The molecule has 0 bridgehead atoms. The first-order valence-electron chi connectivity index (χ1n) is 6.13. The van der Waals surface area contributed by atoms with Crippen LogP contribution in [0.25, 0.3) is 0 Å². The molecular weight excluding hydrogens is 202 g/mol. The summed E-state index contributed by atoms with van der Waals surface area (Å²) in [6.07, 6.45) is 6.46. The SMILES string of the molecule is CCn1cncc1C1OCCCC1CNC. The Hall–Kier alpha value is -0.870. The number of nitrogens with one attached hydrogen (secondary N) is 1. The minimum atomic E-state index is 0.212. The smallest absolute Gasteiger partial charge is 0.103 e. The van der Waals surface area contributed by atoms with Crippen molar-refractivity contribution in [2.45, 2.75) is 32.4 Å². The molecule has 2 heterocycles. The Balaban J connectivity index is 2.16. The maximum absolute atomic E-state index is 5.93. The molecule has 0 radical (unpaired) electrons. The van der Waals surface area contributed by atoms with Crippen molar-refractivity contribution < 1.29 is 4.74 Å². The summed E-state index contributed by atoms with van der Waals surface area (Å²) in [5, 5.41) is 3.26. The van der Waals surface area contributed by atoms with E-state index in [4.69, 9.17) is 4.74 Å². The highest BCUT2D eigenvalue weighted by molar-refractivity contribution is 5.06. The van der Waals surface area contributed by atoms with E-state index in [-0.39, 0.29) is 6.10 Å². The van der Waals surface area contributed by atoms with Crippen molar-refractivity contribution in [1.29, 1.82) is 0 Å². The predicted molar refractivity (Wildman–Crippen MR) is 63.2 cm³/mol. The van der Waals surface area contributed by atoms with Crippen LogP contribution < -0.4 is 5.32 Å². The highest BCUT2D eigenvalue weighted by Gasteiger charge is 2.28. The van der Waals surface area contributed by atoms with E-state index in [0.29, 0.717) is 5.92 Å². The largest absolute Gasteiger partial charge is 0.372 e. The Morgan fingerprint density at radius 3 is 3.25 bits per heavy atom. The molecule has 16 heavy (non-hydrogen) atoms. The minimum Gasteiger partial charge on any atom is -0.372 e. The van der Waals surface area contributed by atoms with Gasteiger partial charge in [0.2, 0.25) is 0 Å². The molecule has 1 N–H and O–H groups in total. The van der Waals surface area contributed by atoms with Gasteiger partial charge in [-0.3, -0.25) is 0 Å². The summed E-state index contributed by atoms with van der Waals surface area (Å²) >= 11 is 0. The zero-order valence-corrected chi connectivity index (χ0v) is 10.1. The van der Waals surface area contributed by atoms with Crippen molar-refractivity contribution in [3.63, 3.8) is 0 Å². The van der Waals surface area contributed by atoms with E-state index in [2.05, 4.69) is 21.8 Å². The molecule has 2 rings (SSSR count). The maximum Gasteiger partial charge on any atom is 0.103 e. The van der Waals surface area contributed by atoms with Gasteiger partial charge >= 0.3 is 0 Å². The molecule has 0 saturated carbocycles. The van der Waals surface area contributed by atoms with Gasteiger partial charge in [-0.05, 0) is 26.8 Å². The lowest BCUT2D eigenvalue weighted by atomic mass is 9.92. The van der Waals surface area contributed by atoms with Crippen LogP contribution in [-0.2, 0) is 11.3 Å². The lowest BCUT2D eigenvalue weighted by Gasteiger charge is -2.32. The zero-order valence-electron chi connectivity index (χ0n) is 10.1. The Morgan fingerprint density at radius 1 is 1.62 bits per heavy atom. The Labute approximate surface area is 97.0 Å². The number of aromatic nitrogens is 2. The van der Waals surface area contributed by atoms with E-state index in [1.807, 2.05) is 19.6 Å². The summed E-state index contributed by atoms with van der Waals surface area (Å²) in [6.45, 7) is 4.99. The monoisotopic (exact) mass is 223 g/mol. The predicted octanol–water partition coefficient (Wildman–Crippen LogP) is 1.59. The van der Waals surface area contributed by atoms with Crippen LogP contribution >= 0.6 is 0 Å². The molecule has 90 valence electrons. The van der Waals surface area contributed by atoms with Crippen LogP contribution in [0.3, 0.4) is 0 Å².